The fourth-order valence-corrected chi connectivity index (χ4v) is 1.55. The van der Waals surface area contributed by atoms with Crippen LogP contribution >= 0.6 is 0 Å². The van der Waals surface area contributed by atoms with Crippen LogP contribution in [0.15, 0.2) is 0 Å². The van der Waals surface area contributed by atoms with E-state index in [4.69, 9.17) is 19.7 Å². The van der Waals surface area contributed by atoms with Crippen LogP contribution in [0.4, 0.5) is 0 Å². The second-order valence-electron chi connectivity index (χ2n) is 4.32. The summed E-state index contributed by atoms with van der Waals surface area (Å²) in [5.41, 5.74) is 0. The van der Waals surface area contributed by atoms with Gasteiger partial charge in [0.1, 0.15) is 0 Å². The van der Waals surface area contributed by atoms with Crippen LogP contribution in [-0.4, -0.2) is 48.2 Å². The second-order valence-corrected chi connectivity index (χ2v) is 4.32. The van der Waals surface area contributed by atoms with Crippen LogP contribution in [-0.2, 0) is 9.47 Å². The molecule has 0 aliphatic carbocycles. The minimum Gasteiger partial charge on any atom is -0.396 e. The van der Waals surface area contributed by atoms with Crippen molar-refractivity contribution in [2.24, 2.45) is 0 Å². The van der Waals surface area contributed by atoms with Gasteiger partial charge >= 0.3 is 0 Å². The molecule has 0 radical (unpaired) electrons. The number of aliphatic hydroxyl groups excluding tert-OH is 3. The van der Waals surface area contributed by atoms with E-state index in [1.807, 2.05) is 0 Å². The van der Waals surface area contributed by atoms with E-state index in [2.05, 4.69) is 0 Å². The maximum Gasteiger partial charge on any atom is 0.269 e. The van der Waals surface area contributed by atoms with E-state index in [0.29, 0.717) is 13.2 Å². The summed E-state index contributed by atoms with van der Waals surface area (Å²) in [5.74, 6) is 0. The van der Waals surface area contributed by atoms with Gasteiger partial charge in [0, 0.05) is 13.2 Å². The largest absolute Gasteiger partial charge is 0.396 e. The number of unbranched alkanes of at least 4 members (excludes halogenated alkanes) is 6. The van der Waals surface area contributed by atoms with Crippen molar-refractivity contribution in [1.29, 1.82) is 0 Å². The van der Waals surface area contributed by atoms with Gasteiger partial charge in [-0.25, -0.2) is 0 Å². The highest BCUT2D eigenvalue weighted by atomic mass is 16.8. The molecule has 0 spiro atoms. The summed E-state index contributed by atoms with van der Waals surface area (Å²) in [6.45, 7) is 0.320. The van der Waals surface area contributed by atoms with Crippen molar-refractivity contribution in [2.75, 3.05) is 26.4 Å². The van der Waals surface area contributed by atoms with Crippen molar-refractivity contribution in [3.8, 4) is 0 Å². The highest BCUT2D eigenvalue weighted by Gasteiger charge is 2.03. The highest BCUT2D eigenvalue weighted by molar-refractivity contribution is 4.43. The maximum atomic E-state index is 9.33. The molecular formula is C13H28O5. The van der Waals surface area contributed by atoms with Crippen molar-refractivity contribution < 1.29 is 24.8 Å². The van der Waals surface area contributed by atoms with E-state index in [-0.39, 0.29) is 13.2 Å². The lowest BCUT2D eigenvalue weighted by Gasteiger charge is -2.12. The zero-order valence-corrected chi connectivity index (χ0v) is 11.2. The molecule has 0 aromatic heterocycles. The molecular weight excluding hydrogens is 236 g/mol. The van der Waals surface area contributed by atoms with Gasteiger partial charge in [-0.3, -0.25) is 0 Å². The van der Waals surface area contributed by atoms with Crippen molar-refractivity contribution in [3.63, 3.8) is 0 Å². The lowest BCUT2D eigenvalue weighted by molar-refractivity contribution is -0.263. The summed E-state index contributed by atoms with van der Waals surface area (Å²) in [6, 6.07) is 0. The Bertz CT molecular complexity index is 138. The summed E-state index contributed by atoms with van der Waals surface area (Å²) in [7, 11) is 0. The first-order valence-electron chi connectivity index (χ1n) is 6.94. The Kier molecular flexibility index (Phi) is 14.7. The third-order valence-electron chi connectivity index (χ3n) is 2.63. The Morgan fingerprint density at radius 1 is 0.611 bits per heavy atom. The molecule has 0 aliphatic rings. The van der Waals surface area contributed by atoms with Crippen LogP contribution in [0.5, 0.6) is 0 Å². The molecule has 0 aromatic rings. The van der Waals surface area contributed by atoms with Gasteiger partial charge in [0.25, 0.3) is 6.48 Å². The summed E-state index contributed by atoms with van der Waals surface area (Å²) >= 11 is 0. The number of aliphatic hydroxyl groups is 3. The Morgan fingerprint density at radius 2 is 1.00 bits per heavy atom. The molecule has 0 fully saturated rings. The minimum atomic E-state index is -1.12. The molecule has 0 atom stereocenters. The summed E-state index contributed by atoms with van der Waals surface area (Å²) in [5, 5.41) is 26.5. The van der Waals surface area contributed by atoms with E-state index < -0.39 is 6.48 Å². The van der Waals surface area contributed by atoms with Crippen LogP contribution < -0.4 is 0 Å². The fraction of sp³-hybridized carbons (Fsp3) is 1.00. The van der Waals surface area contributed by atoms with Crippen molar-refractivity contribution in [1.82, 2.24) is 0 Å². The molecule has 0 unspecified atom stereocenters. The second kappa shape index (κ2) is 14.9. The van der Waals surface area contributed by atoms with E-state index in [1.165, 1.54) is 0 Å². The molecule has 0 amide bonds. The van der Waals surface area contributed by atoms with Gasteiger partial charge < -0.3 is 24.8 Å². The first-order chi connectivity index (χ1) is 8.81. The van der Waals surface area contributed by atoms with Gasteiger partial charge in [0.2, 0.25) is 0 Å². The Labute approximate surface area is 110 Å². The molecule has 0 saturated carbocycles. The predicted octanol–water partition coefficient (Wildman–Crippen LogP) is 1.40. The van der Waals surface area contributed by atoms with E-state index >= 15 is 0 Å². The number of rotatable bonds is 14. The number of ether oxygens (including phenoxy) is 2. The van der Waals surface area contributed by atoms with Gasteiger partial charge in [-0.2, -0.15) is 0 Å². The lowest BCUT2D eigenvalue weighted by atomic mass is 10.2. The molecule has 110 valence electrons. The van der Waals surface area contributed by atoms with Gasteiger partial charge in [-0.1, -0.05) is 25.7 Å². The first kappa shape index (κ1) is 17.8. The average molecular weight is 264 g/mol. The van der Waals surface area contributed by atoms with Crippen molar-refractivity contribution in [2.45, 2.75) is 57.8 Å². The molecule has 18 heavy (non-hydrogen) atoms. The van der Waals surface area contributed by atoms with Crippen molar-refractivity contribution >= 4 is 0 Å². The van der Waals surface area contributed by atoms with Gasteiger partial charge in [0.15, 0.2) is 0 Å². The van der Waals surface area contributed by atoms with Crippen molar-refractivity contribution in [3.05, 3.63) is 0 Å². The molecule has 3 N–H and O–H groups in total. The lowest BCUT2D eigenvalue weighted by Crippen LogP contribution is -2.17. The molecule has 0 aliphatic heterocycles. The van der Waals surface area contributed by atoms with Gasteiger partial charge in [-0.15, -0.1) is 0 Å². The van der Waals surface area contributed by atoms with Crippen LogP contribution in [0.1, 0.15) is 51.4 Å². The van der Waals surface area contributed by atoms with Crippen LogP contribution in [0.3, 0.4) is 0 Å². The van der Waals surface area contributed by atoms with Crippen LogP contribution in [0.25, 0.3) is 0 Å². The van der Waals surface area contributed by atoms with Crippen LogP contribution in [0.2, 0.25) is 0 Å². The predicted molar refractivity (Wildman–Crippen MR) is 69.0 cm³/mol. The van der Waals surface area contributed by atoms with Gasteiger partial charge in [-0.05, 0) is 25.7 Å². The molecule has 5 heteroatoms. The summed E-state index contributed by atoms with van der Waals surface area (Å²) in [4.78, 5) is 0. The van der Waals surface area contributed by atoms with Gasteiger partial charge in [0.05, 0.1) is 13.2 Å². The normalized spacial score (nSPS) is 11.3. The average Bonchev–Trinajstić information content (AvgIpc) is 2.38. The molecule has 0 aromatic carbocycles. The Hall–Kier alpha value is -0.200. The monoisotopic (exact) mass is 264 g/mol. The van der Waals surface area contributed by atoms with E-state index in [9.17, 15) is 5.11 Å². The Balaban J connectivity index is 3.10. The fourth-order valence-electron chi connectivity index (χ4n) is 1.55. The number of hydrogen-bond donors (Lipinski definition) is 3. The SMILES string of the molecule is OCCCCCCOC(O)OCCCCCCO. The zero-order chi connectivity index (χ0) is 13.5. The van der Waals surface area contributed by atoms with Crippen LogP contribution in [0, 0.1) is 0 Å². The molecule has 0 bridgehead atoms. The summed E-state index contributed by atoms with van der Waals surface area (Å²) in [6.07, 6.45) is 7.36. The maximum absolute atomic E-state index is 9.33. The highest BCUT2D eigenvalue weighted by Crippen LogP contribution is 2.03. The minimum absolute atomic E-state index is 0.239. The molecule has 0 heterocycles. The standard InChI is InChI=1S/C13H28O5/c14-9-5-1-3-7-11-17-13(16)18-12-8-4-2-6-10-15/h13-16H,1-12H2. The smallest absolute Gasteiger partial charge is 0.269 e. The quantitative estimate of drug-likeness (QED) is 0.326. The third kappa shape index (κ3) is 13.9. The van der Waals surface area contributed by atoms with E-state index in [1.54, 1.807) is 0 Å². The molecule has 0 saturated heterocycles. The Morgan fingerprint density at radius 3 is 1.39 bits per heavy atom. The topological polar surface area (TPSA) is 79.2 Å². The summed E-state index contributed by atoms with van der Waals surface area (Å²) < 4.78 is 10.2. The molecule has 0 rings (SSSR count). The van der Waals surface area contributed by atoms with E-state index in [0.717, 1.165) is 51.4 Å². The first-order valence-corrected chi connectivity index (χ1v) is 6.94. The number of hydrogen-bond acceptors (Lipinski definition) is 5. The zero-order valence-electron chi connectivity index (χ0n) is 11.2. The third-order valence-corrected chi connectivity index (χ3v) is 2.63. The molecule has 5 nitrogen and oxygen atoms in total.